The molecule has 0 radical (unpaired) electrons. The van der Waals surface area contributed by atoms with Crippen molar-refractivity contribution in [1.29, 1.82) is 0 Å². The van der Waals surface area contributed by atoms with Crippen LogP contribution in [0.2, 0.25) is 5.02 Å². The normalized spacial score (nSPS) is 10.7. The number of hydrogen-bond donors (Lipinski definition) is 1. The highest BCUT2D eigenvalue weighted by atomic mass is 35.5. The number of anilines is 1. The van der Waals surface area contributed by atoms with Gasteiger partial charge in [0.2, 0.25) is 5.91 Å². The molecule has 1 heterocycles. The SMILES string of the molecule is C=CCn1c(SCC(=O)Nc2ccc(C)c(Cl)c2)nnc1-c1ccc(F)cc1. The second kappa shape index (κ2) is 9.03. The molecule has 8 heteroatoms. The number of thioether (sulfide) groups is 1. The van der Waals surface area contributed by atoms with Gasteiger partial charge in [0.05, 0.1) is 5.75 Å². The lowest BCUT2D eigenvalue weighted by Gasteiger charge is -2.09. The molecule has 2 aromatic carbocycles. The van der Waals surface area contributed by atoms with Crippen molar-refractivity contribution in [2.75, 3.05) is 11.1 Å². The number of nitrogens with zero attached hydrogens (tertiary/aromatic N) is 3. The highest BCUT2D eigenvalue weighted by Crippen LogP contribution is 2.25. The molecule has 0 saturated heterocycles. The van der Waals surface area contributed by atoms with Gasteiger partial charge in [-0.15, -0.1) is 16.8 Å². The maximum absolute atomic E-state index is 13.2. The van der Waals surface area contributed by atoms with Gasteiger partial charge in [0.1, 0.15) is 5.82 Å². The van der Waals surface area contributed by atoms with Crippen LogP contribution in [-0.2, 0) is 11.3 Å². The molecule has 0 spiro atoms. The molecule has 144 valence electrons. The number of carbonyl (C=O) groups is 1. The minimum absolute atomic E-state index is 0.157. The van der Waals surface area contributed by atoms with Crippen LogP contribution in [0.3, 0.4) is 0 Å². The molecule has 1 aromatic heterocycles. The van der Waals surface area contributed by atoms with Crippen LogP contribution in [-0.4, -0.2) is 26.4 Å². The number of aryl methyl sites for hydroxylation is 1. The van der Waals surface area contributed by atoms with Crippen LogP contribution in [0.4, 0.5) is 10.1 Å². The van der Waals surface area contributed by atoms with E-state index < -0.39 is 0 Å². The average molecular weight is 417 g/mol. The summed E-state index contributed by atoms with van der Waals surface area (Å²) in [4.78, 5) is 12.3. The van der Waals surface area contributed by atoms with Gasteiger partial charge in [0, 0.05) is 22.8 Å². The molecule has 0 atom stereocenters. The molecule has 3 aromatic rings. The lowest BCUT2D eigenvalue weighted by molar-refractivity contribution is -0.113. The molecule has 1 amide bonds. The Bertz CT molecular complexity index is 1000. The summed E-state index contributed by atoms with van der Waals surface area (Å²) in [6.07, 6.45) is 1.72. The first kappa shape index (κ1) is 20.1. The quantitative estimate of drug-likeness (QED) is 0.436. The smallest absolute Gasteiger partial charge is 0.234 e. The van der Waals surface area contributed by atoms with Crippen LogP contribution < -0.4 is 5.32 Å². The topological polar surface area (TPSA) is 59.8 Å². The van der Waals surface area contributed by atoms with E-state index >= 15 is 0 Å². The Hall–Kier alpha value is -2.64. The minimum Gasteiger partial charge on any atom is -0.325 e. The van der Waals surface area contributed by atoms with Crippen molar-refractivity contribution in [2.24, 2.45) is 0 Å². The van der Waals surface area contributed by atoms with E-state index in [1.165, 1.54) is 23.9 Å². The van der Waals surface area contributed by atoms with E-state index in [4.69, 9.17) is 11.6 Å². The molecule has 0 bridgehead atoms. The van der Waals surface area contributed by atoms with E-state index in [9.17, 15) is 9.18 Å². The van der Waals surface area contributed by atoms with Gasteiger partial charge < -0.3 is 5.32 Å². The lowest BCUT2D eigenvalue weighted by atomic mass is 10.2. The first-order valence-corrected chi connectivity index (χ1v) is 9.83. The Morgan fingerprint density at radius 1 is 1.29 bits per heavy atom. The standard InChI is InChI=1S/C20H18ClFN4OS/c1-3-10-26-19(14-5-7-15(22)8-6-14)24-25-20(26)28-12-18(27)23-16-9-4-13(2)17(21)11-16/h3-9,11H,1,10,12H2,2H3,(H,23,27). The number of halogens is 2. The Kier molecular flexibility index (Phi) is 6.49. The van der Waals surface area contributed by atoms with Crippen molar-refractivity contribution >= 4 is 35.0 Å². The van der Waals surface area contributed by atoms with E-state index in [-0.39, 0.29) is 17.5 Å². The van der Waals surface area contributed by atoms with Crippen molar-refractivity contribution in [3.8, 4) is 11.4 Å². The van der Waals surface area contributed by atoms with E-state index in [1.54, 1.807) is 30.3 Å². The fraction of sp³-hybridized carbons (Fsp3) is 0.150. The lowest BCUT2D eigenvalue weighted by Crippen LogP contribution is -2.14. The number of carbonyl (C=O) groups excluding carboxylic acids is 1. The van der Waals surface area contributed by atoms with E-state index in [0.29, 0.717) is 28.2 Å². The van der Waals surface area contributed by atoms with Crippen LogP contribution in [0, 0.1) is 12.7 Å². The van der Waals surface area contributed by atoms with Gasteiger partial charge in [0.15, 0.2) is 11.0 Å². The molecule has 0 unspecified atom stereocenters. The second-order valence-electron chi connectivity index (χ2n) is 6.01. The number of nitrogens with one attached hydrogen (secondary N) is 1. The zero-order valence-corrected chi connectivity index (χ0v) is 16.7. The van der Waals surface area contributed by atoms with Crippen LogP contribution in [0.1, 0.15) is 5.56 Å². The number of amides is 1. The minimum atomic E-state index is -0.319. The third kappa shape index (κ3) is 4.79. The van der Waals surface area contributed by atoms with Gasteiger partial charge in [-0.2, -0.15) is 0 Å². The van der Waals surface area contributed by atoms with Gasteiger partial charge in [0.25, 0.3) is 0 Å². The van der Waals surface area contributed by atoms with Crippen LogP contribution in [0.25, 0.3) is 11.4 Å². The predicted molar refractivity (Wildman–Crippen MR) is 111 cm³/mol. The largest absolute Gasteiger partial charge is 0.325 e. The monoisotopic (exact) mass is 416 g/mol. The van der Waals surface area contributed by atoms with E-state index in [2.05, 4.69) is 22.1 Å². The van der Waals surface area contributed by atoms with Crippen LogP contribution in [0.15, 0.2) is 60.3 Å². The summed E-state index contributed by atoms with van der Waals surface area (Å²) >= 11 is 7.35. The summed E-state index contributed by atoms with van der Waals surface area (Å²) < 4.78 is 15.0. The molecular weight excluding hydrogens is 399 g/mol. The van der Waals surface area contributed by atoms with Crippen LogP contribution >= 0.6 is 23.4 Å². The molecule has 28 heavy (non-hydrogen) atoms. The van der Waals surface area contributed by atoms with Crippen molar-refractivity contribution in [2.45, 2.75) is 18.6 Å². The highest BCUT2D eigenvalue weighted by molar-refractivity contribution is 7.99. The van der Waals surface area contributed by atoms with Crippen molar-refractivity contribution in [1.82, 2.24) is 14.8 Å². The van der Waals surface area contributed by atoms with E-state index in [1.807, 2.05) is 17.6 Å². The summed E-state index contributed by atoms with van der Waals surface area (Å²) in [5.41, 5.74) is 2.32. The zero-order valence-electron chi connectivity index (χ0n) is 15.2. The third-order valence-corrected chi connectivity index (χ3v) is 5.29. The summed E-state index contributed by atoms with van der Waals surface area (Å²) in [6, 6.07) is 11.4. The summed E-state index contributed by atoms with van der Waals surface area (Å²) in [7, 11) is 0. The Morgan fingerprint density at radius 2 is 2.04 bits per heavy atom. The molecular formula is C20H18ClFN4OS. The van der Waals surface area contributed by atoms with Crippen molar-refractivity contribution < 1.29 is 9.18 Å². The highest BCUT2D eigenvalue weighted by Gasteiger charge is 2.15. The number of benzene rings is 2. The molecule has 1 N–H and O–H groups in total. The average Bonchev–Trinajstić information content (AvgIpc) is 3.07. The fourth-order valence-electron chi connectivity index (χ4n) is 2.50. The maximum atomic E-state index is 13.2. The fourth-order valence-corrected chi connectivity index (χ4v) is 3.43. The summed E-state index contributed by atoms with van der Waals surface area (Å²) in [6.45, 7) is 6.12. The molecule has 5 nitrogen and oxygen atoms in total. The molecule has 0 aliphatic heterocycles. The first-order valence-electron chi connectivity index (χ1n) is 8.46. The Labute approximate surface area is 171 Å². The molecule has 0 saturated carbocycles. The van der Waals surface area contributed by atoms with Gasteiger partial charge in [-0.3, -0.25) is 9.36 Å². The number of hydrogen-bond acceptors (Lipinski definition) is 4. The second-order valence-corrected chi connectivity index (χ2v) is 7.36. The third-order valence-electron chi connectivity index (χ3n) is 3.92. The van der Waals surface area contributed by atoms with Gasteiger partial charge >= 0.3 is 0 Å². The predicted octanol–water partition coefficient (Wildman–Crippen LogP) is 4.96. The molecule has 0 aliphatic rings. The van der Waals surface area contributed by atoms with E-state index in [0.717, 1.165) is 11.1 Å². The molecule has 0 fully saturated rings. The Balaban J connectivity index is 1.71. The summed E-state index contributed by atoms with van der Waals surface area (Å²) in [5, 5.41) is 12.4. The number of allylic oxidation sites excluding steroid dienone is 1. The maximum Gasteiger partial charge on any atom is 0.234 e. The number of rotatable bonds is 7. The molecule has 0 aliphatic carbocycles. The van der Waals surface area contributed by atoms with Gasteiger partial charge in [-0.1, -0.05) is 35.5 Å². The van der Waals surface area contributed by atoms with Gasteiger partial charge in [-0.25, -0.2) is 4.39 Å². The van der Waals surface area contributed by atoms with Crippen molar-refractivity contribution in [3.63, 3.8) is 0 Å². The number of aromatic nitrogens is 3. The summed E-state index contributed by atoms with van der Waals surface area (Å²) in [5.74, 6) is 0.250. The van der Waals surface area contributed by atoms with Crippen LogP contribution in [0.5, 0.6) is 0 Å². The zero-order chi connectivity index (χ0) is 20.1. The first-order chi connectivity index (χ1) is 13.5. The molecule has 3 rings (SSSR count). The van der Waals surface area contributed by atoms with Gasteiger partial charge in [-0.05, 0) is 48.9 Å². The Morgan fingerprint density at radius 3 is 2.71 bits per heavy atom. The van der Waals surface area contributed by atoms with Crippen molar-refractivity contribution in [3.05, 3.63) is 71.5 Å².